The fourth-order valence-electron chi connectivity index (χ4n) is 4.58. The number of allylic oxidation sites excluding steroid dienone is 1. The van der Waals surface area contributed by atoms with E-state index in [1.54, 1.807) is 24.4 Å². The third kappa shape index (κ3) is 5.09. The average molecular weight is 515 g/mol. The van der Waals surface area contributed by atoms with Crippen LogP contribution in [0.1, 0.15) is 37.4 Å². The number of rotatable bonds is 7. The molecule has 0 aromatic heterocycles. The molecule has 0 radical (unpaired) electrons. The number of hydrogen-bond acceptors (Lipinski definition) is 5. The molecule has 194 valence electrons. The van der Waals surface area contributed by atoms with E-state index in [9.17, 15) is 9.59 Å². The second-order valence-electron chi connectivity index (χ2n) is 9.75. The first-order chi connectivity index (χ1) is 18.8. The first kappa shape index (κ1) is 25.7. The van der Waals surface area contributed by atoms with Crippen LogP contribution < -0.4 is 9.80 Å². The molecule has 4 aromatic rings. The van der Waals surface area contributed by atoms with Gasteiger partial charge in [0.2, 0.25) is 0 Å². The van der Waals surface area contributed by atoms with Crippen LogP contribution >= 0.6 is 0 Å². The third-order valence-corrected chi connectivity index (χ3v) is 6.72. The summed E-state index contributed by atoms with van der Waals surface area (Å²) in [6, 6.07) is 32.1. The molecule has 1 aliphatic carbocycles. The van der Waals surface area contributed by atoms with Gasteiger partial charge in [0.05, 0.1) is 17.5 Å². The number of hydrazone groups is 1. The van der Waals surface area contributed by atoms with Crippen LogP contribution in [-0.4, -0.2) is 51.1 Å². The Labute approximate surface area is 229 Å². The summed E-state index contributed by atoms with van der Waals surface area (Å²) in [5, 5.41) is 6.09. The van der Waals surface area contributed by atoms with E-state index in [-0.39, 0.29) is 11.7 Å². The second kappa shape index (κ2) is 10.8. The lowest BCUT2D eigenvalue weighted by Gasteiger charge is -2.21. The largest absolute Gasteiger partial charge is 0.378 e. The van der Waals surface area contributed by atoms with E-state index in [4.69, 9.17) is 5.10 Å². The molecule has 1 aliphatic rings. The molecule has 1 amide bonds. The van der Waals surface area contributed by atoms with Gasteiger partial charge in [-0.25, -0.2) is 0 Å². The van der Waals surface area contributed by atoms with Crippen LogP contribution in [0.4, 0.5) is 11.4 Å². The molecule has 5 rings (SSSR count). The zero-order chi connectivity index (χ0) is 27.5. The minimum Gasteiger partial charge on any atom is -0.378 e. The van der Waals surface area contributed by atoms with Gasteiger partial charge in [-0.1, -0.05) is 66.7 Å². The molecular formula is C33H30N4O2. The summed E-state index contributed by atoms with van der Waals surface area (Å²) < 4.78 is 0. The Morgan fingerprint density at radius 3 is 1.79 bits per heavy atom. The lowest BCUT2D eigenvalue weighted by molar-refractivity contribution is 0.0840. The van der Waals surface area contributed by atoms with Crippen molar-refractivity contribution in [2.75, 3.05) is 38.0 Å². The first-order valence-corrected chi connectivity index (χ1v) is 12.7. The van der Waals surface area contributed by atoms with Crippen molar-refractivity contribution in [3.63, 3.8) is 0 Å². The topological polar surface area (TPSA) is 56.2 Å². The number of ketones is 1. The predicted octanol–water partition coefficient (Wildman–Crippen LogP) is 6.06. The molecule has 0 spiro atoms. The average Bonchev–Trinajstić information content (AvgIpc) is 3.26. The maximum atomic E-state index is 14.1. The molecule has 0 bridgehead atoms. The van der Waals surface area contributed by atoms with Crippen molar-refractivity contribution in [1.82, 2.24) is 5.01 Å². The maximum Gasteiger partial charge on any atom is 0.278 e. The SMILES string of the molecule is CN(C)c1ccc(/C=N/N(C(=O)c2ccc(N(C)C)cc2)C2=C(c3ccccc3)C(=O)c3ccccc32)cc1. The minimum atomic E-state index is -0.325. The van der Waals surface area contributed by atoms with Gasteiger partial charge >= 0.3 is 0 Å². The highest BCUT2D eigenvalue weighted by Crippen LogP contribution is 2.41. The first-order valence-electron chi connectivity index (χ1n) is 12.7. The summed E-state index contributed by atoms with van der Waals surface area (Å²) in [5.74, 6) is -0.451. The lowest BCUT2D eigenvalue weighted by atomic mass is 10.0. The van der Waals surface area contributed by atoms with E-state index in [1.807, 2.05) is 123 Å². The molecule has 0 heterocycles. The van der Waals surface area contributed by atoms with Gasteiger partial charge < -0.3 is 9.80 Å². The second-order valence-corrected chi connectivity index (χ2v) is 9.75. The third-order valence-electron chi connectivity index (χ3n) is 6.72. The summed E-state index contributed by atoms with van der Waals surface area (Å²) in [7, 11) is 7.87. The number of fused-ring (bicyclic) bond motifs is 1. The van der Waals surface area contributed by atoms with Gasteiger partial charge in [0, 0.05) is 56.3 Å². The zero-order valence-electron chi connectivity index (χ0n) is 22.5. The van der Waals surface area contributed by atoms with Crippen molar-refractivity contribution >= 4 is 40.5 Å². The predicted molar refractivity (Wildman–Crippen MR) is 159 cm³/mol. The van der Waals surface area contributed by atoms with Gasteiger partial charge in [-0.3, -0.25) is 9.59 Å². The van der Waals surface area contributed by atoms with E-state index in [2.05, 4.69) is 0 Å². The normalized spacial score (nSPS) is 12.6. The molecular weight excluding hydrogens is 484 g/mol. The quantitative estimate of drug-likeness (QED) is 0.222. The molecule has 0 aliphatic heterocycles. The number of hydrogen-bond donors (Lipinski definition) is 0. The molecule has 0 unspecified atom stereocenters. The Bertz CT molecular complexity index is 1570. The number of amides is 1. The summed E-state index contributed by atoms with van der Waals surface area (Å²) in [4.78, 5) is 31.8. The number of carbonyl (C=O) groups is 2. The van der Waals surface area contributed by atoms with Gasteiger partial charge in [-0.15, -0.1) is 0 Å². The summed E-state index contributed by atoms with van der Waals surface area (Å²) in [5.41, 5.74) is 6.24. The van der Waals surface area contributed by atoms with Crippen molar-refractivity contribution in [3.8, 4) is 0 Å². The van der Waals surface area contributed by atoms with Crippen molar-refractivity contribution in [1.29, 1.82) is 0 Å². The molecule has 0 atom stereocenters. The van der Waals surface area contributed by atoms with Crippen LogP contribution in [0.2, 0.25) is 0 Å². The Morgan fingerprint density at radius 1 is 0.667 bits per heavy atom. The Kier molecular flexibility index (Phi) is 7.10. The summed E-state index contributed by atoms with van der Waals surface area (Å²) >= 11 is 0. The van der Waals surface area contributed by atoms with Gasteiger partial charge in [-0.2, -0.15) is 10.1 Å². The van der Waals surface area contributed by atoms with Crippen LogP contribution in [0.3, 0.4) is 0 Å². The molecule has 0 N–H and O–H groups in total. The van der Waals surface area contributed by atoms with Crippen molar-refractivity contribution < 1.29 is 9.59 Å². The van der Waals surface area contributed by atoms with Crippen molar-refractivity contribution in [3.05, 3.63) is 131 Å². The van der Waals surface area contributed by atoms with Crippen LogP contribution in [0, 0.1) is 0 Å². The molecule has 6 nitrogen and oxygen atoms in total. The molecule has 4 aromatic carbocycles. The Balaban J connectivity index is 1.67. The van der Waals surface area contributed by atoms with Gasteiger partial charge in [-0.05, 0) is 47.5 Å². The highest BCUT2D eigenvalue weighted by atomic mass is 16.2. The monoisotopic (exact) mass is 514 g/mol. The van der Waals surface area contributed by atoms with Gasteiger partial charge in [0.15, 0.2) is 5.78 Å². The summed E-state index contributed by atoms with van der Waals surface area (Å²) in [6.07, 6.45) is 1.66. The van der Waals surface area contributed by atoms with Crippen LogP contribution in [0.25, 0.3) is 11.3 Å². The van der Waals surface area contributed by atoms with Crippen LogP contribution in [0.5, 0.6) is 0 Å². The van der Waals surface area contributed by atoms with Crippen LogP contribution in [0.15, 0.2) is 108 Å². The smallest absolute Gasteiger partial charge is 0.278 e. The fraction of sp³-hybridized carbons (Fsp3) is 0.121. The van der Waals surface area contributed by atoms with Crippen LogP contribution in [-0.2, 0) is 0 Å². The van der Waals surface area contributed by atoms with E-state index in [0.29, 0.717) is 28.0 Å². The number of anilines is 2. The molecule has 39 heavy (non-hydrogen) atoms. The Hall–Kier alpha value is -4.97. The number of carbonyl (C=O) groups excluding carboxylic acids is 2. The number of nitrogens with zero attached hydrogens (tertiary/aromatic N) is 4. The number of Topliss-reactive ketones (excluding diaryl/α,β-unsaturated/α-hetero) is 1. The van der Waals surface area contributed by atoms with Crippen molar-refractivity contribution in [2.45, 2.75) is 0 Å². The molecule has 0 saturated carbocycles. The maximum absolute atomic E-state index is 14.1. The highest BCUT2D eigenvalue weighted by molar-refractivity contribution is 6.40. The number of benzene rings is 4. The van der Waals surface area contributed by atoms with E-state index in [0.717, 1.165) is 22.5 Å². The fourth-order valence-corrected chi connectivity index (χ4v) is 4.58. The molecule has 0 saturated heterocycles. The minimum absolute atomic E-state index is 0.127. The van der Waals surface area contributed by atoms with Gasteiger partial charge in [0.1, 0.15) is 0 Å². The standard InChI is InChI=1S/C33H30N4O2/c1-35(2)26-18-14-23(15-19-26)22-34-37(33(39)25-16-20-27(21-17-25)36(3)4)31-28-12-8-9-13-29(28)32(38)30(31)24-10-6-5-7-11-24/h5-22H,1-4H3/b34-22+. The molecule has 6 heteroatoms. The summed E-state index contributed by atoms with van der Waals surface area (Å²) in [6.45, 7) is 0. The molecule has 0 fully saturated rings. The van der Waals surface area contributed by atoms with Gasteiger partial charge in [0.25, 0.3) is 5.91 Å². The zero-order valence-corrected chi connectivity index (χ0v) is 22.5. The highest BCUT2D eigenvalue weighted by Gasteiger charge is 2.36. The van der Waals surface area contributed by atoms with E-state index >= 15 is 0 Å². The van der Waals surface area contributed by atoms with Crippen molar-refractivity contribution in [2.24, 2.45) is 5.10 Å². The van der Waals surface area contributed by atoms with E-state index < -0.39 is 0 Å². The Morgan fingerprint density at radius 2 is 1.21 bits per heavy atom. The van der Waals surface area contributed by atoms with E-state index in [1.165, 1.54) is 5.01 Å². The lowest BCUT2D eigenvalue weighted by Crippen LogP contribution is -2.25.